The molecule has 1 N–H and O–H groups in total. The first-order chi connectivity index (χ1) is 12.4. The van der Waals surface area contributed by atoms with Crippen molar-refractivity contribution in [1.29, 1.82) is 0 Å². The molecule has 0 radical (unpaired) electrons. The minimum absolute atomic E-state index is 0.0926. The van der Waals surface area contributed by atoms with Crippen molar-refractivity contribution in [2.24, 2.45) is 0 Å². The Hall–Kier alpha value is -2.67. The molecule has 2 aromatic carbocycles. The Morgan fingerprint density at radius 1 is 1.12 bits per heavy atom. The first-order valence-corrected chi connectivity index (χ1v) is 10.2. The molecule has 0 fully saturated rings. The number of hydrogen-bond donors (Lipinski definition) is 1. The fraction of sp³-hybridized carbons (Fsp3) is 0.263. The number of rotatable bonds is 6. The van der Waals surface area contributed by atoms with Crippen LogP contribution in [-0.4, -0.2) is 36.7 Å². The number of nitrogens with one attached hydrogen (secondary N) is 1. The summed E-state index contributed by atoms with van der Waals surface area (Å²) in [5.41, 5.74) is 2.32. The molecule has 0 bridgehead atoms. The Balaban J connectivity index is 1.77. The number of fused-ring (bicyclic) bond motifs is 1. The minimum Gasteiger partial charge on any atom is -0.354 e. The molecule has 0 spiro atoms. The highest BCUT2D eigenvalue weighted by Gasteiger charge is 2.21. The summed E-state index contributed by atoms with van der Waals surface area (Å²) >= 11 is 0. The zero-order valence-corrected chi connectivity index (χ0v) is 15.5. The number of imidazole rings is 1. The van der Waals surface area contributed by atoms with Gasteiger partial charge in [-0.2, -0.15) is 0 Å². The highest BCUT2D eigenvalue weighted by atomic mass is 32.2. The number of aromatic nitrogens is 2. The van der Waals surface area contributed by atoms with E-state index in [9.17, 15) is 13.2 Å². The molecule has 3 rings (SSSR count). The fourth-order valence-corrected chi connectivity index (χ4v) is 3.68. The van der Waals surface area contributed by atoms with E-state index in [2.05, 4.69) is 10.3 Å². The number of hydrogen-bond acceptors (Lipinski definition) is 4. The lowest BCUT2D eigenvalue weighted by molar-refractivity contribution is -0.121. The van der Waals surface area contributed by atoms with Gasteiger partial charge in [0.25, 0.3) is 0 Å². The molecular formula is C19H21N3O3S. The molecule has 0 aliphatic heterocycles. The van der Waals surface area contributed by atoms with Crippen molar-refractivity contribution in [1.82, 2.24) is 14.9 Å². The monoisotopic (exact) mass is 371 g/mol. The largest absolute Gasteiger partial charge is 0.354 e. The number of para-hydroxylation sites is 2. The summed E-state index contributed by atoms with van der Waals surface area (Å²) in [6.07, 6.45) is 1.10. The molecule has 0 aliphatic rings. The number of benzene rings is 2. The van der Waals surface area contributed by atoms with E-state index in [-0.39, 0.29) is 23.5 Å². The van der Waals surface area contributed by atoms with Crippen LogP contribution in [0.15, 0.2) is 59.8 Å². The lowest BCUT2D eigenvalue weighted by Crippen LogP contribution is -2.31. The summed E-state index contributed by atoms with van der Waals surface area (Å²) in [6.45, 7) is 2.41. The summed E-state index contributed by atoms with van der Waals surface area (Å²) in [6, 6.07) is 17.0. The van der Waals surface area contributed by atoms with E-state index in [1.54, 1.807) is 24.3 Å². The molecule has 3 aromatic rings. The van der Waals surface area contributed by atoms with E-state index >= 15 is 0 Å². The molecule has 1 amide bonds. The van der Waals surface area contributed by atoms with Crippen molar-refractivity contribution in [3.63, 3.8) is 0 Å². The van der Waals surface area contributed by atoms with Crippen LogP contribution < -0.4 is 5.32 Å². The molecule has 7 heteroatoms. The Labute approximate surface area is 152 Å². The smallest absolute Gasteiger partial charge is 0.240 e. The van der Waals surface area contributed by atoms with Crippen molar-refractivity contribution in [2.75, 3.05) is 12.8 Å². The third kappa shape index (κ3) is 3.94. The Kier molecular flexibility index (Phi) is 5.08. The first-order valence-electron chi connectivity index (χ1n) is 8.33. The van der Waals surface area contributed by atoms with Crippen LogP contribution >= 0.6 is 0 Å². The Morgan fingerprint density at radius 2 is 1.77 bits per heavy atom. The van der Waals surface area contributed by atoms with Gasteiger partial charge in [0.05, 0.1) is 11.0 Å². The van der Waals surface area contributed by atoms with E-state index in [0.717, 1.165) is 11.8 Å². The van der Waals surface area contributed by atoms with Crippen molar-refractivity contribution in [3.8, 4) is 0 Å². The number of sulfone groups is 1. The summed E-state index contributed by atoms with van der Waals surface area (Å²) in [5, 5.41) is 2.79. The SMILES string of the molecule is C[C@H](CNC(=O)Cn1c(S(C)(=O)=O)nc2ccccc21)c1ccccc1. The van der Waals surface area contributed by atoms with Gasteiger partial charge in [0.2, 0.25) is 20.9 Å². The van der Waals surface area contributed by atoms with Gasteiger partial charge in [-0.1, -0.05) is 49.4 Å². The van der Waals surface area contributed by atoms with Gasteiger partial charge >= 0.3 is 0 Å². The average molecular weight is 371 g/mol. The summed E-state index contributed by atoms with van der Waals surface area (Å²) in [4.78, 5) is 16.6. The van der Waals surface area contributed by atoms with Crippen LogP contribution in [0.2, 0.25) is 0 Å². The Bertz CT molecular complexity index is 1030. The lowest BCUT2D eigenvalue weighted by Gasteiger charge is -2.14. The third-order valence-electron chi connectivity index (χ3n) is 4.23. The molecule has 0 saturated heterocycles. The number of amides is 1. The quantitative estimate of drug-likeness (QED) is 0.721. The van der Waals surface area contributed by atoms with E-state index in [1.807, 2.05) is 37.3 Å². The summed E-state index contributed by atoms with van der Waals surface area (Å²) < 4.78 is 25.5. The first kappa shape index (κ1) is 18.1. The maximum Gasteiger partial charge on any atom is 0.240 e. The zero-order chi connectivity index (χ0) is 18.7. The standard InChI is InChI=1S/C19H21N3O3S/c1-14(15-8-4-3-5-9-15)12-20-18(23)13-22-17-11-7-6-10-16(17)21-19(22)26(2,24)25/h3-11,14H,12-13H2,1-2H3,(H,20,23)/t14-/m1/s1. The molecule has 26 heavy (non-hydrogen) atoms. The van der Waals surface area contributed by atoms with Gasteiger partial charge in [-0.15, -0.1) is 0 Å². The molecule has 1 atom stereocenters. The van der Waals surface area contributed by atoms with Gasteiger partial charge in [0.1, 0.15) is 6.54 Å². The normalized spacial score (nSPS) is 12.8. The minimum atomic E-state index is -3.54. The summed E-state index contributed by atoms with van der Waals surface area (Å²) in [7, 11) is -3.54. The van der Waals surface area contributed by atoms with Crippen LogP contribution in [-0.2, 0) is 21.2 Å². The van der Waals surface area contributed by atoms with Crippen molar-refractivity contribution in [2.45, 2.75) is 24.5 Å². The summed E-state index contributed by atoms with van der Waals surface area (Å²) in [5.74, 6) is -0.0881. The number of carbonyl (C=O) groups excluding carboxylic acids is 1. The molecule has 0 aliphatic carbocycles. The van der Waals surface area contributed by atoms with Crippen LogP contribution in [0.1, 0.15) is 18.4 Å². The molecular weight excluding hydrogens is 350 g/mol. The highest BCUT2D eigenvalue weighted by molar-refractivity contribution is 7.90. The molecule has 1 heterocycles. The van der Waals surface area contributed by atoms with Gasteiger partial charge in [-0.05, 0) is 23.6 Å². The Morgan fingerprint density at radius 3 is 2.46 bits per heavy atom. The van der Waals surface area contributed by atoms with Crippen LogP contribution in [0, 0.1) is 0 Å². The zero-order valence-electron chi connectivity index (χ0n) is 14.7. The average Bonchev–Trinajstić information content (AvgIpc) is 2.99. The molecule has 0 unspecified atom stereocenters. The topological polar surface area (TPSA) is 81.1 Å². The molecule has 0 saturated carbocycles. The van der Waals surface area contributed by atoms with Crippen LogP contribution in [0.5, 0.6) is 0 Å². The van der Waals surface area contributed by atoms with Crippen molar-refractivity contribution < 1.29 is 13.2 Å². The van der Waals surface area contributed by atoms with Crippen LogP contribution in [0.3, 0.4) is 0 Å². The molecule has 136 valence electrons. The molecule has 6 nitrogen and oxygen atoms in total. The van der Waals surface area contributed by atoms with Crippen molar-refractivity contribution >= 4 is 26.8 Å². The second-order valence-corrected chi connectivity index (χ2v) is 8.27. The molecule has 1 aromatic heterocycles. The second kappa shape index (κ2) is 7.29. The highest BCUT2D eigenvalue weighted by Crippen LogP contribution is 2.19. The maximum absolute atomic E-state index is 12.4. The van der Waals surface area contributed by atoms with Gasteiger partial charge < -0.3 is 9.88 Å². The van der Waals surface area contributed by atoms with E-state index < -0.39 is 9.84 Å². The maximum atomic E-state index is 12.4. The van der Waals surface area contributed by atoms with E-state index in [0.29, 0.717) is 17.6 Å². The van der Waals surface area contributed by atoms with Crippen LogP contribution in [0.25, 0.3) is 11.0 Å². The van der Waals surface area contributed by atoms with Gasteiger partial charge in [0.15, 0.2) is 0 Å². The predicted molar refractivity (Wildman–Crippen MR) is 101 cm³/mol. The van der Waals surface area contributed by atoms with Crippen molar-refractivity contribution in [3.05, 3.63) is 60.2 Å². The number of carbonyl (C=O) groups is 1. The number of nitrogens with zero attached hydrogens (tertiary/aromatic N) is 2. The lowest BCUT2D eigenvalue weighted by atomic mass is 10.0. The van der Waals surface area contributed by atoms with Crippen LogP contribution in [0.4, 0.5) is 0 Å². The predicted octanol–water partition coefficient (Wildman–Crippen LogP) is 2.36. The van der Waals surface area contributed by atoms with Gasteiger partial charge in [-0.25, -0.2) is 13.4 Å². The fourth-order valence-electron chi connectivity index (χ4n) is 2.86. The van der Waals surface area contributed by atoms with E-state index in [4.69, 9.17) is 0 Å². The van der Waals surface area contributed by atoms with Gasteiger partial charge in [-0.3, -0.25) is 4.79 Å². The second-order valence-electron chi connectivity index (χ2n) is 6.36. The van der Waals surface area contributed by atoms with Gasteiger partial charge in [0, 0.05) is 12.8 Å². The third-order valence-corrected chi connectivity index (χ3v) is 5.20. The van der Waals surface area contributed by atoms with E-state index in [1.165, 1.54) is 4.57 Å².